The van der Waals surface area contributed by atoms with Crippen molar-refractivity contribution in [3.63, 3.8) is 0 Å². The minimum absolute atomic E-state index is 0.0475. The molecule has 0 aromatic carbocycles. The average molecular weight is 306 g/mol. The van der Waals surface area contributed by atoms with Crippen LogP contribution in [0.2, 0.25) is 0 Å². The Morgan fingerprint density at radius 1 is 1.52 bits per heavy atom. The highest BCUT2D eigenvalue weighted by molar-refractivity contribution is 7.21. The van der Waals surface area contributed by atoms with Gasteiger partial charge in [-0.15, -0.1) is 16.4 Å². The van der Waals surface area contributed by atoms with Gasteiger partial charge in [0.25, 0.3) is 5.91 Å². The number of hydrogen-bond donors (Lipinski definition) is 2. The lowest BCUT2D eigenvalue weighted by Gasteiger charge is -2.37. The molecule has 1 aliphatic rings. The maximum Gasteiger partial charge on any atom is 0.266 e. The molecule has 2 aromatic heterocycles. The van der Waals surface area contributed by atoms with Crippen molar-refractivity contribution in [2.75, 3.05) is 18.9 Å². The van der Waals surface area contributed by atoms with E-state index in [4.69, 9.17) is 10.8 Å². The van der Waals surface area contributed by atoms with Gasteiger partial charge in [-0.25, -0.2) is 0 Å². The van der Waals surface area contributed by atoms with Gasteiger partial charge in [-0.3, -0.25) is 4.79 Å². The van der Waals surface area contributed by atoms with Crippen LogP contribution in [0.15, 0.2) is 12.3 Å². The Morgan fingerprint density at radius 2 is 2.33 bits per heavy atom. The zero-order valence-electron chi connectivity index (χ0n) is 11.7. The number of aliphatic hydroxyl groups excluding tert-OH is 1. The number of carbonyl (C=O) groups excluding carboxylic acids is 1. The second kappa shape index (κ2) is 5.95. The molecule has 2 heterocycles. The number of thiophene rings is 1. The Hall–Kier alpha value is -1.73. The quantitative estimate of drug-likeness (QED) is 0.876. The van der Waals surface area contributed by atoms with Crippen molar-refractivity contribution >= 4 is 33.1 Å². The maximum atomic E-state index is 12.8. The van der Waals surface area contributed by atoms with Gasteiger partial charge < -0.3 is 15.7 Å². The van der Waals surface area contributed by atoms with Crippen molar-refractivity contribution in [3.05, 3.63) is 17.1 Å². The van der Waals surface area contributed by atoms with E-state index in [0.29, 0.717) is 28.4 Å². The van der Waals surface area contributed by atoms with E-state index < -0.39 is 0 Å². The van der Waals surface area contributed by atoms with Gasteiger partial charge in [-0.2, -0.15) is 5.10 Å². The summed E-state index contributed by atoms with van der Waals surface area (Å²) in [5.41, 5.74) is 6.60. The van der Waals surface area contributed by atoms with E-state index in [-0.39, 0.29) is 18.6 Å². The molecule has 6 nitrogen and oxygen atoms in total. The molecule has 112 valence electrons. The molecular formula is C14H18N4O2S. The highest BCUT2D eigenvalue weighted by Gasteiger charge is 2.31. The van der Waals surface area contributed by atoms with E-state index in [1.807, 2.05) is 4.90 Å². The molecule has 0 unspecified atom stereocenters. The van der Waals surface area contributed by atoms with Crippen LogP contribution in [0.4, 0.5) is 5.69 Å². The summed E-state index contributed by atoms with van der Waals surface area (Å²) in [5, 5.41) is 17.7. The minimum atomic E-state index is -0.0475. The van der Waals surface area contributed by atoms with Crippen LogP contribution in [-0.4, -0.2) is 45.3 Å². The van der Waals surface area contributed by atoms with Gasteiger partial charge in [0, 0.05) is 24.6 Å². The number of nitrogens with two attached hydrogens (primary N) is 1. The van der Waals surface area contributed by atoms with Gasteiger partial charge in [-0.05, 0) is 31.7 Å². The summed E-state index contributed by atoms with van der Waals surface area (Å²) in [6.07, 6.45) is 5.38. The van der Waals surface area contributed by atoms with Crippen LogP contribution >= 0.6 is 11.3 Å². The third-order valence-electron chi connectivity index (χ3n) is 3.95. The molecule has 2 aromatic rings. The summed E-state index contributed by atoms with van der Waals surface area (Å²) in [4.78, 5) is 15.9. The lowest BCUT2D eigenvalue weighted by atomic mass is 9.91. The highest BCUT2D eigenvalue weighted by Crippen LogP contribution is 2.34. The molecule has 0 aliphatic heterocycles. The van der Waals surface area contributed by atoms with Crippen molar-refractivity contribution in [2.24, 2.45) is 0 Å². The highest BCUT2D eigenvalue weighted by atomic mass is 32.1. The first kappa shape index (κ1) is 14.2. The lowest BCUT2D eigenvalue weighted by Crippen LogP contribution is -2.44. The molecule has 1 amide bonds. The van der Waals surface area contributed by atoms with Crippen LogP contribution in [0.3, 0.4) is 0 Å². The fourth-order valence-corrected chi connectivity index (χ4v) is 3.55. The standard InChI is InChI=1S/C14H18N4O2S/c15-11-10-5-6-16-17-13(10)21-12(11)14(20)18(7-2-8-19)9-3-1-4-9/h5-6,9,19H,1-4,7-8,15H2. The number of carbonyl (C=O) groups is 1. The van der Waals surface area contributed by atoms with Crippen LogP contribution in [0.25, 0.3) is 10.2 Å². The van der Waals surface area contributed by atoms with Crippen molar-refractivity contribution in [1.29, 1.82) is 0 Å². The summed E-state index contributed by atoms with van der Waals surface area (Å²) < 4.78 is 0. The van der Waals surface area contributed by atoms with Gasteiger partial charge in [0.2, 0.25) is 0 Å². The Balaban J connectivity index is 1.91. The number of anilines is 1. The Morgan fingerprint density at radius 3 is 2.95 bits per heavy atom. The zero-order chi connectivity index (χ0) is 14.8. The number of rotatable bonds is 5. The van der Waals surface area contributed by atoms with Crippen LogP contribution < -0.4 is 5.73 Å². The SMILES string of the molecule is Nc1c(C(=O)N(CCCO)C2CCC2)sc2nnccc12. The second-order valence-electron chi connectivity index (χ2n) is 5.26. The summed E-state index contributed by atoms with van der Waals surface area (Å²) in [6, 6.07) is 2.06. The number of amides is 1. The molecule has 0 bridgehead atoms. The third-order valence-corrected chi connectivity index (χ3v) is 5.04. The van der Waals surface area contributed by atoms with E-state index in [1.165, 1.54) is 11.3 Å². The van der Waals surface area contributed by atoms with Crippen LogP contribution in [-0.2, 0) is 0 Å². The van der Waals surface area contributed by atoms with E-state index in [2.05, 4.69) is 10.2 Å². The smallest absolute Gasteiger partial charge is 0.266 e. The lowest BCUT2D eigenvalue weighted by molar-refractivity contribution is 0.0568. The number of aromatic nitrogens is 2. The molecule has 21 heavy (non-hydrogen) atoms. The second-order valence-corrected chi connectivity index (χ2v) is 6.25. The number of aliphatic hydroxyl groups is 1. The topological polar surface area (TPSA) is 92.3 Å². The molecule has 1 fully saturated rings. The maximum absolute atomic E-state index is 12.8. The molecule has 3 rings (SSSR count). The summed E-state index contributed by atoms with van der Waals surface area (Å²) in [7, 11) is 0. The molecule has 3 N–H and O–H groups in total. The predicted octanol–water partition coefficient (Wildman–Crippen LogP) is 1.65. The van der Waals surface area contributed by atoms with Crippen molar-refractivity contribution in [3.8, 4) is 0 Å². The van der Waals surface area contributed by atoms with Gasteiger partial charge >= 0.3 is 0 Å². The summed E-state index contributed by atoms with van der Waals surface area (Å²) >= 11 is 1.29. The predicted molar refractivity (Wildman–Crippen MR) is 82.2 cm³/mol. The van der Waals surface area contributed by atoms with Crippen LogP contribution in [0.5, 0.6) is 0 Å². The number of hydrogen-bond acceptors (Lipinski definition) is 6. The fourth-order valence-electron chi connectivity index (χ4n) is 2.55. The van der Waals surface area contributed by atoms with Gasteiger partial charge in [0.1, 0.15) is 9.71 Å². The minimum Gasteiger partial charge on any atom is -0.397 e. The number of fused-ring (bicyclic) bond motifs is 1. The molecule has 0 radical (unpaired) electrons. The van der Waals surface area contributed by atoms with Crippen LogP contribution in [0, 0.1) is 0 Å². The molecular weight excluding hydrogens is 288 g/mol. The van der Waals surface area contributed by atoms with Crippen molar-refractivity contribution in [2.45, 2.75) is 31.7 Å². The van der Waals surface area contributed by atoms with Crippen molar-refractivity contribution in [1.82, 2.24) is 15.1 Å². The van der Waals surface area contributed by atoms with E-state index in [9.17, 15) is 4.79 Å². The Labute approximate surface area is 126 Å². The number of nitrogen functional groups attached to an aromatic ring is 1. The zero-order valence-corrected chi connectivity index (χ0v) is 12.5. The van der Waals surface area contributed by atoms with Crippen molar-refractivity contribution < 1.29 is 9.90 Å². The monoisotopic (exact) mass is 306 g/mol. The molecule has 0 spiro atoms. The van der Waals surface area contributed by atoms with E-state index in [1.54, 1.807) is 12.3 Å². The fraction of sp³-hybridized carbons (Fsp3) is 0.500. The molecule has 0 saturated heterocycles. The van der Waals surface area contributed by atoms with E-state index >= 15 is 0 Å². The third kappa shape index (κ3) is 2.58. The van der Waals surface area contributed by atoms with Gasteiger partial charge in [0.05, 0.1) is 11.9 Å². The summed E-state index contributed by atoms with van der Waals surface area (Å²) in [5.74, 6) is -0.0475. The number of nitrogens with zero attached hydrogens (tertiary/aromatic N) is 3. The first-order valence-electron chi connectivity index (χ1n) is 7.14. The average Bonchev–Trinajstić information content (AvgIpc) is 2.78. The van der Waals surface area contributed by atoms with Gasteiger partial charge in [0.15, 0.2) is 0 Å². The first-order chi connectivity index (χ1) is 10.2. The summed E-state index contributed by atoms with van der Waals surface area (Å²) in [6.45, 7) is 0.656. The first-order valence-corrected chi connectivity index (χ1v) is 7.95. The Bertz CT molecular complexity index is 653. The van der Waals surface area contributed by atoms with E-state index in [0.717, 1.165) is 24.6 Å². The molecule has 0 atom stereocenters. The molecule has 1 aliphatic carbocycles. The van der Waals surface area contributed by atoms with Gasteiger partial charge in [-0.1, -0.05) is 0 Å². The normalized spacial score (nSPS) is 15.1. The van der Waals surface area contributed by atoms with Crippen LogP contribution in [0.1, 0.15) is 35.4 Å². The largest absolute Gasteiger partial charge is 0.397 e. The molecule has 7 heteroatoms. The Kier molecular flexibility index (Phi) is 4.03. The molecule has 1 saturated carbocycles.